The van der Waals surface area contributed by atoms with Crippen LogP contribution in [0, 0.1) is 11.8 Å². The monoisotopic (exact) mass is 285 g/mol. The molecule has 0 spiro atoms. The lowest BCUT2D eigenvalue weighted by atomic mass is 9.75. The van der Waals surface area contributed by atoms with E-state index in [9.17, 15) is 0 Å². The quantitative estimate of drug-likeness (QED) is 0.588. The average molecular weight is 285 g/mol. The van der Waals surface area contributed by atoms with E-state index in [2.05, 4.69) is 19.2 Å². The predicted molar refractivity (Wildman–Crippen MR) is 85.1 cm³/mol. The van der Waals surface area contributed by atoms with Crippen molar-refractivity contribution in [3.05, 3.63) is 0 Å². The maximum atomic E-state index is 5.59. The molecule has 3 unspecified atom stereocenters. The summed E-state index contributed by atoms with van der Waals surface area (Å²) in [5.41, 5.74) is 0. The Morgan fingerprint density at radius 2 is 1.95 bits per heavy atom. The molecule has 1 rings (SSSR count). The molecule has 0 aliphatic heterocycles. The van der Waals surface area contributed by atoms with Gasteiger partial charge in [0.05, 0.1) is 13.2 Å². The Kier molecular flexibility index (Phi) is 10.3. The van der Waals surface area contributed by atoms with Gasteiger partial charge in [0.2, 0.25) is 0 Å². The van der Waals surface area contributed by atoms with E-state index in [0.29, 0.717) is 6.61 Å². The Balaban J connectivity index is 2.24. The molecule has 0 aromatic carbocycles. The van der Waals surface area contributed by atoms with E-state index < -0.39 is 0 Å². The molecule has 0 bridgehead atoms. The lowest BCUT2D eigenvalue weighted by Gasteiger charge is -2.36. The number of hydrogen-bond donors (Lipinski definition) is 1. The van der Waals surface area contributed by atoms with E-state index >= 15 is 0 Å². The third-order valence-electron chi connectivity index (χ3n) is 4.62. The van der Waals surface area contributed by atoms with Gasteiger partial charge in [-0.25, -0.2) is 0 Å². The zero-order valence-corrected chi connectivity index (χ0v) is 13.8. The zero-order chi connectivity index (χ0) is 14.6. The standard InChI is InChI=1S/C17H35NO2/c1-4-10-18-17-9-8-15(5-2)14-16(17)7-6-11-20-13-12-19-3/h15-18H,4-14H2,1-3H3. The van der Waals surface area contributed by atoms with Crippen LogP contribution in [0.1, 0.15) is 58.8 Å². The van der Waals surface area contributed by atoms with E-state index in [0.717, 1.165) is 31.1 Å². The molecule has 120 valence electrons. The third-order valence-corrected chi connectivity index (χ3v) is 4.62. The fraction of sp³-hybridized carbons (Fsp3) is 1.00. The summed E-state index contributed by atoms with van der Waals surface area (Å²) in [7, 11) is 1.72. The number of nitrogens with one attached hydrogen (secondary N) is 1. The first-order valence-corrected chi connectivity index (χ1v) is 8.61. The minimum Gasteiger partial charge on any atom is -0.382 e. The number of hydrogen-bond acceptors (Lipinski definition) is 3. The third kappa shape index (κ3) is 7.05. The van der Waals surface area contributed by atoms with Crippen molar-refractivity contribution in [2.75, 3.05) is 33.5 Å². The van der Waals surface area contributed by atoms with Crippen molar-refractivity contribution in [2.24, 2.45) is 11.8 Å². The smallest absolute Gasteiger partial charge is 0.0700 e. The molecule has 20 heavy (non-hydrogen) atoms. The first kappa shape index (κ1) is 17.9. The molecule has 1 aliphatic rings. The summed E-state index contributed by atoms with van der Waals surface area (Å²) in [5, 5.41) is 3.77. The van der Waals surface area contributed by atoms with Gasteiger partial charge in [-0.2, -0.15) is 0 Å². The molecule has 1 fully saturated rings. The molecule has 0 amide bonds. The van der Waals surface area contributed by atoms with Gasteiger partial charge in [-0.1, -0.05) is 20.3 Å². The van der Waals surface area contributed by atoms with Gasteiger partial charge in [0.1, 0.15) is 0 Å². The molecule has 0 saturated heterocycles. The Morgan fingerprint density at radius 3 is 2.65 bits per heavy atom. The van der Waals surface area contributed by atoms with Crippen molar-refractivity contribution in [3.8, 4) is 0 Å². The van der Waals surface area contributed by atoms with Crippen LogP contribution in [0.15, 0.2) is 0 Å². The van der Waals surface area contributed by atoms with E-state index in [1.807, 2.05) is 0 Å². The van der Waals surface area contributed by atoms with Crippen LogP contribution >= 0.6 is 0 Å². The topological polar surface area (TPSA) is 30.5 Å². The number of methoxy groups -OCH3 is 1. The first-order valence-electron chi connectivity index (χ1n) is 8.61. The summed E-state index contributed by atoms with van der Waals surface area (Å²) in [4.78, 5) is 0. The van der Waals surface area contributed by atoms with Crippen LogP contribution < -0.4 is 5.32 Å². The van der Waals surface area contributed by atoms with Gasteiger partial charge in [0.15, 0.2) is 0 Å². The highest BCUT2D eigenvalue weighted by molar-refractivity contribution is 4.84. The van der Waals surface area contributed by atoms with Crippen molar-refractivity contribution in [1.29, 1.82) is 0 Å². The SMILES string of the molecule is CCCNC1CCC(CC)CC1CCCOCCOC. The number of ether oxygens (including phenoxy) is 2. The first-order chi connectivity index (χ1) is 9.81. The van der Waals surface area contributed by atoms with E-state index in [4.69, 9.17) is 9.47 Å². The zero-order valence-electron chi connectivity index (χ0n) is 13.8. The Bertz CT molecular complexity index is 223. The highest BCUT2D eigenvalue weighted by Gasteiger charge is 2.28. The highest BCUT2D eigenvalue weighted by atomic mass is 16.5. The van der Waals surface area contributed by atoms with Crippen molar-refractivity contribution in [1.82, 2.24) is 5.32 Å². The fourth-order valence-electron chi connectivity index (χ4n) is 3.34. The molecule has 1 saturated carbocycles. The molecule has 1 N–H and O–H groups in total. The summed E-state index contributed by atoms with van der Waals surface area (Å²) in [5.74, 6) is 1.81. The van der Waals surface area contributed by atoms with Gasteiger partial charge < -0.3 is 14.8 Å². The van der Waals surface area contributed by atoms with Gasteiger partial charge in [0, 0.05) is 19.8 Å². The van der Waals surface area contributed by atoms with Gasteiger partial charge in [-0.15, -0.1) is 0 Å². The molecule has 3 atom stereocenters. The number of rotatable bonds is 11. The molecule has 0 radical (unpaired) electrons. The molecule has 3 nitrogen and oxygen atoms in total. The molecule has 1 aliphatic carbocycles. The van der Waals surface area contributed by atoms with E-state index in [1.165, 1.54) is 51.5 Å². The van der Waals surface area contributed by atoms with Gasteiger partial charge in [0.25, 0.3) is 0 Å². The van der Waals surface area contributed by atoms with Crippen LogP contribution in [0.5, 0.6) is 0 Å². The molecular formula is C17H35NO2. The van der Waals surface area contributed by atoms with Crippen LogP contribution in [-0.4, -0.2) is 39.5 Å². The lowest BCUT2D eigenvalue weighted by Crippen LogP contribution is -2.41. The van der Waals surface area contributed by atoms with Crippen LogP contribution in [-0.2, 0) is 9.47 Å². The average Bonchev–Trinajstić information content (AvgIpc) is 2.49. The second kappa shape index (κ2) is 11.5. The fourth-order valence-corrected chi connectivity index (χ4v) is 3.34. The second-order valence-corrected chi connectivity index (χ2v) is 6.16. The largest absolute Gasteiger partial charge is 0.382 e. The molecule has 3 heteroatoms. The van der Waals surface area contributed by atoms with Crippen LogP contribution in [0.25, 0.3) is 0 Å². The normalized spacial score (nSPS) is 26.9. The molecule has 0 aromatic heterocycles. The summed E-state index contributed by atoms with van der Waals surface area (Å²) in [6, 6.07) is 0.747. The Labute approximate surface area is 125 Å². The molecule has 0 heterocycles. The van der Waals surface area contributed by atoms with Gasteiger partial charge in [-0.3, -0.25) is 0 Å². The van der Waals surface area contributed by atoms with Gasteiger partial charge >= 0.3 is 0 Å². The Hall–Kier alpha value is -0.120. The van der Waals surface area contributed by atoms with Crippen LogP contribution in [0.3, 0.4) is 0 Å². The second-order valence-electron chi connectivity index (χ2n) is 6.16. The van der Waals surface area contributed by atoms with Crippen molar-refractivity contribution in [2.45, 2.75) is 64.8 Å². The minimum absolute atomic E-state index is 0.710. The maximum absolute atomic E-state index is 5.59. The van der Waals surface area contributed by atoms with Crippen molar-refractivity contribution in [3.63, 3.8) is 0 Å². The summed E-state index contributed by atoms with van der Waals surface area (Å²) in [6.45, 7) is 8.09. The predicted octanol–water partition coefficient (Wildman–Crippen LogP) is 3.62. The van der Waals surface area contributed by atoms with E-state index in [1.54, 1.807) is 7.11 Å². The minimum atomic E-state index is 0.710. The summed E-state index contributed by atoms with van der Waals surface area (Å²) >= 11 is 0. The maximum Gasteiger partial charge on any atom is 0.0700 e. The highest BCUT2D eigenvalue weighted by Crippen LogP contribution is 2.33. The summed E-state index contributed by atoms with van der Waals surface area (Å²) in [6.07, 6.45) is 9.28. The molecule has 0 aromatic rings. The van der Waals surface area contributed by atoms with Crippen molar-refractivity contribution < 1.29 is 9.47 Å². The van der Waals surface area contributed by atoms with Crippen LogP contribution in [0.2, 0.25) is 0 Å². The molecular weight excluding hydrogens is 250 g/mol. The van der Waals surface area contributed by atoms with Crippen LogP contribution in [0.4, 0.5) is 0 Å². The van der Waals surface area contributed by atoms with Crippen molar-refractivity contribution >= 4 is 0 Å². The van der Waals surface area contributed by atoms with Gasteiger partial charge in [-0.05, 0) is 56.9 Å². The summed E-state index contributed by atoms with van der Waals surface area (Å²) < 4.78 is 10.6. The Morgan fingerprint density at radius 1 is 1.10 bits per heavy atom. The lowest BCUT2D eigenvalue weighted by molar-refractivity contribution is 0.0642. The van der Waals surface area contributed by atoms with E-state index in [-0.39, 0.29) is 0 Å².